The summed E-state index contributed by atoms with van der Waals surface area (Å²) in [6, 6.07) is -0.625. The fraction of sp³-hybridized carbons (Fsp3) is 0.818. The Labute approximate surface area is 96.7 Å². The molecule has 0 fully saturated rings. The first-order valence-electron chi connectivity index (χ1n) is 5.36. The second-order valence-electron chi connectivity index (χ2n) is 4.90. The van der Waals surface area contributed by atoms with E-state index in [0.29, 0.717) is 6.42 Å². The molecule has 1 atom stereocenters. The Kier molecular flexibility index (Phi) is 5.44. The highest BCUT2D eigenvalue weighted by atomic mass is 16.5. The first-order chi connectivity index (χ1) is 7.18. The quantitative estimate of drug-likeness (QED) is 0.671. The maximum absolute atomic E-state index is 11.6. The van der Waals surface area contributed by atoms with Gasteiger partial charge in [-0.3, -0.25) is 4.79 Å². The summed E-state index contributed by atoms with van der Waals surface area (Å²) in [6.45, 7) is 7.11. The van der Waals surface area contributed by atoms with Crippen LogP contribution in [-0.2, 0) is 14.3 Å². The number of nitrogens with two attached hydrogens (primary N) is 1. The lowest BCUT2D eigenvalue weighted by Gasteiger charge is -2.23. The molecule has 0 aromatic carbocycles. The molecule has 0 spiro atoms. The molecule has 0 radical (unpaired) electrons. The van der Waals surface area contributed by atoms with Crippen molar-refractivity contribution in [3.8, 4) is 0 Å². The Bertz CT molecular complexity index is 256. The van der Waals surface area contributed by atoms with Gasteiger partial charge in [-0.2, -0.15) is 0 Å². The van der Waals surface area contributed by atoms with Crippen molar-refractivity contribution in [3.63, 3.8) is 0 Å². The largest absolute Gasteiger partial charge is 0.467 e. The van der Waals surface area contributed by atoms with Gasteiger partial charge in [-0.05, 0) is 26.2 Å². The van der Waals surface area contributed by atoms with Gasteiger partial charge in [0.1, 0.15) is 6.04 Å². The van der Waals surface area contributed by atoms with E-state index in [1.165, 1.54) is 7.11 Å². The van der Waals surface area contributed by atoms with E-state index in [4.69, 9.17) is 5.73 Å². The number of rotatable bonds is 5. The maximum atomic E-state index is 11.6. The lowest BCUT2D eigenvalue weighted by atomic mass is 10.0. The van der Waals surface area contributed by atoms with Crippen LogP contribution in [0.15, 0.2) is 0 Å². The molecule has 0 aliphatic rings. The van der Waals surface area contributed by atoms with E-state index in [9.17, 15) is 9.59 Å². The molecule has 0 unspecified atom stereocenters. The molecule has 0 aliphatic carbocycles. The fourth-order valence-corrected chi connectivity index (χ4v) is 1.17. The summed E-state index contributed by atoms with van der Waals surface area (Å²) in [7, 11) is 1.30. The minimum absolute atomic E-state index is 0.283. The van der Waals surface area contributed by atoms with Crippen LogP contribution < -0.4 is 11.1 Å². The van der Waals surface area contributed by atoms with E-state index < -0.39 is 17.6 Å². The van der Waals surface area contributed by atoms with E-state index in [1.807, 2.05) is 13.8 Å². The Balaban J connectivity index is 4.55. The SMILES string of the molecule is COC(=O)[C@H](CC(C)C)NC(=O)C(C)(C)N. The average molecular weight is 230 g/mol. The standard InChI is InChI=1S/C11H22N2O3/c1-7(2)6-8(9(14)16-5)13-10(15)11(3,4)12/h7-8H,6,12H2,1-5H3,(H,13,15)/t8-/m0/s1. The smallest absolute Gasteiger partial charge is 0.328 e. The van der Waals surface area contributed by atoms with Gasteiger partial charge >= 0.3 is 5.97 Å². The summed E-state index contributed by atoms with van der Waals surface area (Å²) < 4.78 is 4.63. The second-order valence-corrected chi connectivity index (χ2v) is 4.90. The molecule has 0 aromatic rings. The molecule has 0 rings (SSSR count). The van der Waals surface area contributed by atoms with E-state index in [-0.39, 0.29) is 11.8 Å². The third kappa shape index (κ3) is 5.11. The molecule has 0 heterocycles. The Morgan fingerprint density at radius 1 is 1.38 bits per heavy atom. The van der Waals surface area contributed by atoms with Crippen molar-refractivity contribution >= 4 is 11.9 Å². The second kappa shape index (κ2) is 5.84. The van der Waals surface area contributed by atoms with Crippen LogP contribution in [0.25, 0.3) is 0 Å². The Morgan fingerprint density at radius 3 is 2.19 bits per heavy atom. The normalized spacial score (nSPS) is 13.4. The highest BCUT2D eigenvalue weighted by Gasteiger charge is 2.28. The molecule has 0 aromatic heterocycles. The molecule has 0 bridgehead atoms. The van der Waals surface area contributed by atoms with Crippen LogP contribution >= 0.6 is 0 Å². The Hall–Kier alpha value is -1.10. The van der Waals surface area contributed by atoms with Gasteiger partial charge in [0.15, 0.2) is 0 Å². The lowest BCUT2D eigenvalue weighted by Crippen LogP contribution is -2.54. The predicted octanol–water partition coefficient (Wildman–Crippen LogP) is 0.428. The summed E-state index contributed by atoms with van der Waals surface area (Å²) in [4.78, 5) is 23.1. The summed E-state index contributed by atoms with van der Waals surface area (Å²) in [6.07, 6.45) is 0.536. The van der Waals surface area contributed by atoms with Gasteiger partial charge in [-0.15, -0.1) is 0 Å². The highest BCUT2D eigenvalue weighted by Crippen LogP contribution is 2.07. The molecule has 16 heavy (non-hydrogen) atoms. The van der Waals surface area contributed by atoms with Crippen LogP contribution in [0.4, 0.5) is 0 Å². The van der Waals surface area contributed by atoms with Crippen molar-refractivity contribution in [1.29, 1.82) is 0 Å². The van der Waals surface area contributed by atoms with Gasteiger partial charge in [0.25, 0.3) is 0 Å². The number of hydrogen-bond donors (Lipinski definition) is 2. The summed E-state index contributed by atoms with van der Waals surface area (Å²) in [5, 5.41) is 2.60. The van der Waals surface area contributed by atoms with Crippen LogP contribution in [0, 0.1) is 5.92 Å². The van der Waals surface area contributed by atoms with Crippen molar-refractivity contribution in [1.82, 2.24) is 5.32 Å². The zero-order valence-electron chi connectivity index (χ0n) is 10.7. The molecule has 5 nitrogen and oxygen atoms in total. The van der Waals surface area contributed by atoms with Crippen LogP contribution in [0.5, 0.6) is 0 Å². The zero-order chi connectivity index (χ0) is 12.9. The van der Waals surface area contributed by atoms with Crippen molar-refractivity contribution in [2.45, 2.75) is 45.7 Å². The third-order valence-corrected chi connectivity index (χ3v) is 2.08. The van der Waals surface area contributed by atoms with Crippen molar-refractivity contribution in [2.24, 2.45) is 11.7 Å². The molecule has 1 amide bonds. The monoisotopic (exact) mass is 230 g/mol. The van der Waals surface area contributed by atoms with E-state index in [0.717, 1.165) is 0 Å². The third-order valence-electron chi connectivity index (χ3n) is 2.08. The number of ether oxygens (including phenoxy) is 1. The summed E-state index contributed by atoms with van der Waals surface area (Å²) in [5.74, 6) is -0.514. The zero-order valence-corrected chi connectivity index (χ0v) is 10.7. The number of hydrogen-bond acceptors (Lipinski definition) is 4. The van der Waals surface area contributed by atoms with Crippen molar-refractivity contribution < 1.29 is 14.3 Å². The van der Waals surface area contributed by atoms with Crippen LogP contribution in [0.2, 0.25) is 0 Å². The van der Waals surface area contributed by atoms with Crippen molar-refractivity contribution in [2.75, 3.05) is 7.11 Å². The van der Waals surface area contributed by atoms with Gasteiger partial charge in [-0.25, -0.2) is 4.79 Å². The Morgan fingerprint density at radius 2 is 1.88 bits per heavy atom. The van der Waals surface area contributed by atoms with Gasteiger partial charge in [0.2, 0.25) is 5.91 Å². The van der Waals surface area contributed by atoms with E-state index >= 15 is 0 Å². The summed E-state index contributed by atoms with van der Waals surface area (Å²) >= 11 is 0. The molecule has 94 valence electrons. The molecular weight excluding hydrogens is 208 g/mol. The number of carbonyl (C=O) groups excluding carboxylic acids is 2. The number of esters is 1. The number of methoxy groups -OCH3 is 1. The van der Waals surface area contributed by atoms with Gasteiger partial charge in [-0.1, -0.05) is 13.8 Å². The molecule has 0 aliphatic heterocycles. The molecule has 0 saturated carbocycles. The van der Waals surface area contributed by atoms with Gasteiger partial charge in [0.05, 0.1) is 12.6 Å². The highest BCUT2D eigenvalue weighted by molar-refractivity contribution is 5.89. The first kappa shape index (κ1) is 14.9. The number of nitrogens with one attached hydrogen (secondary N) is 1. The lowest BCUT2D eigenvalue weighted by molar-refractivity contribution is -0.146. The average Bonchev–Trinajstić information content (AvgIpc) is 2.13. The number of carbonyl (C=O) groups is 2. The van der Waals surface area contributed by atoms with Crippen LogP contribution in [0.1, 0.15) is 34.1 Å². The predicted molar refractivity (Wildman–Crippen MR) is 61.7 cm³/mol. The van der Waals surface area contributed by atoms with Gasteiger partial charge < -0.3 is 15.8 Å². The van der Waals surface area contributed by atoms with Gasteiger partial charge in [0, 0.05) is 0 Å². The van der Waals surface area contributed by atoms with Crippen molar-refractivity contribution in [3.05, 3.63) is 0 Å². The molecule has 5 heteroatoms. The van der Waals surface area contributed by atoms with Crippen LogP contribution in [0.3, 0.4) is 0 Å². The molecule has 0 saturated heterocycles. The fourth-order valence-electron chi connectivity index (χ4n) is 1.17. The minimum Gasteiger partial charge on any atom is -0.467 e. The first-order valence-corrected chi connectivity index (χ1v) is 5.36. The number of amides is 1. The molecule has 3 N–H and O–H groups in total. The summed E-state index contributed by atoms with van der Waals surface area (Å²) in [5.41, 5.74) is 4.64. The van der Waals surface area contributed by atoms with Crippen LogP contribution in [-0.4, -0.2) is 30.6 Å². The van der Waals surface area contributed by atoms with E-state index in [2.05, 4.69) is 10.1 Å². The maximum Gasteiger partial charge on any atom is 0.328 e. The topological polar surface area (TPSA) is 81.4 Å². The van der Waals surface area contributed by atoms with E-state index in [1.54, 1.807) is 13.8 Å². The minimum atomic E-state index is -0.997. The molecular formula is C11H22N2O3.